The maximum atomic E-state index is 4.96. The zero-order valence-corrected chi connectivity index (χ0v) is 14.6. The molecule has 3 heteroatoms. The first-order valence-electron chi connectivity index (χ1n) is 5.35. The van der Waals surface area contributed by atoms with Crippen LogP contribution in [0.3, 0.4) is 0 Å². The molecule has 16 heavy (non-hydrogen) atoms. The summed E-state index contributed by atoms with van der Waals surface area (Å²) < 4.78 is 0. The molecule has 1 atom stereocenters. The second-order valence-electron chi connectivity index (χ2n) is 3.76. The second kappa shape index (κ2) is 7.68. The molecule has 2 rings (SSSR count). The van der Waals surface area contributed by atoms with Crippen molar-refractivity contribution in [2.75, 3.05) is 0 Å². The Morgan fingerprint density at radius 3 is 2.50 bits per heavy atom. The van der Waals surface area contributed by atoms with Gasteiger partial charge >= 0.3 is 37.7 Å². The van der Waals surface area contributed by atoms with Gasteiger partial charge in [0, 0.05) is 6.42 Å². The van der Waals surface area contributed by atoms with Crippen LogP contribution in [0.15, 0.2) is 30.3 Å². The van der Waals surface area contributed by atoms with Gasteiger partial charge < -0.3 is 0 Å². The summed E-state index contributed by atoms with van der Waals surface area (Å²) in [5.41, 5.74) is 4.30. The summed E-state index contributed by atoms with van der Waals surface area (Å²) in [7, 11) is 9.92. The van der Waals surface area contributed by atoms with E-state index in [1.54, 1.807) is 0 Å². The minimum absolute atomic E-state index is 0.680. The molecule has 0 saturated carbocycles. The number of fused-ring (bicyclic) bond motifs is 1. The molecule has 0 heterocycles. The van der Waals surface area contributed by atoms with Crippen LogP contribution in [-0.4, -0.2) is 0 Å². The first-order chi connectivity index (χ1) is 7.74. The van der Waals surface area contributed by atoms with Crippen LogP contribution >= 0.6 is 17.2 Å². The number of allylic oxidation sites excluding steroid dienone is 2. The van der Waals surface area contributed by atoms with Crippen molar-refractivity contribution in [1.29, 1.82) is 0 Å². The molecule has 0 bridgehead atoms. The first kappa shape index (κ1) is 14.5. The van der Waals surface area contributed by atoms with E-state index in [1.165, 1.54) is 23.1 Å². The van der Waals surface area contributed by atoms with Gasteiger partial charge in [-0.1, -0.05) is 44.2 Å². The Labute approximate surface area is 117 Å². The fraction of sp³-hybridized carbons (Fsp3) is 0.308. The van der Waals surface area contributed by atoms with Gasteiger partial charge in [-0.2, -0.15) is 0 Å². The zero-order valence-electron chi connectivity index (χ0n) is 9.50. The quantitative estimate of drug-likeness (QED) is 0.587. The van der Waals surface area contributed by atoms with E-state index in [-0.39, 0.29) is 0 Å². The van der Waals surface area contributed by atoms with Crippen LogP contribution in [0.2, 0.25) is 0 Å². The number of hydrogen-bond acceptors (Lipinski definition) is 0. The molecular formula is C13H15Cl2Hf. The summed E-state index contributed by atoms with van der Waals surface area (Å²) >= 11 is -0.972. The Kier molecular flexibility index (Phi) is 6.95. The minimum atomic E-state index is -0.972. The summed E-state index contributed by atoms with van der Waals surface area (Å²) in [6.45, 7) is 4.54. The first-order valence-corrected chi connectivity index (χ1v) is 14.3. The van der Waals surface area contributed by atoms with Crippen LogP contribution in [0, 0.1) is 12.3 Å². The SMILES string of the molecule is CCC(C)C1=C[CH]c2ccccc21.[Cl][Hf][Cl]. The van der Waals surface area contributed by atoms with E-state index in [9.17, 15) is 0 Å². The third-order valence-corrected chi connectivity index (χ3v) is 2.86. The molecule has 1 aromatic carbocycles. The predicted octanol–water partition coefficient (Wildman–Crippen LogP) is 5.06. The monoisotopic (exact) mass is 421 g/mol. The molecule has 1 aliphatic carbocycles. The number of hydrogen-bond donors (Lipinski definition) is 0. The van der Waals surface area contributed by atoms with Gasteiger partial charge in [-0.05, 0) is 29.0 Å². The summed E-state index contributed by atoms with van der Waals surface area (Å²) in [5, 5.41) is 0. The molecule has 1 aromatic rings. The van der Waals surface area contributed by atoms with Crippen LogP contribution in [0.5, 0.6) is 0 Å². The predicted molar refractivity (Wildman–Crippen MR) is 69.0 cm³/mol. The van der Waals surface area contributed by atoms with Crippen molar-refractivity contribution in [3.05, 3.63) is 47.9 Å². The standard InChI is InChI=1S/C13H15.2ClH.Hf/c1-3-10(2)12-9-8-11-6-4-5-7-13(11)12;;;/h4-10H,3H2,1-2H3;2*1H;/q;;;+2/p-2. The summed E-state index contributed by atoms with van der Waals surface area (Å²) in [4.78, 5) is 0. The topological polar surface area (TPSA) is 0 Å². The van der Waals surface area contributed by atoms with E-state index in [2.05, 4.69) is 50.6 Å². The van der Waals surface area contributed by atoms with E-state index in [1.807, 2.05) is 0 Å². The van der Waals surface area contributed by atoms with Crippen molar-refractivity contribution >= 4 is 22.7 Å². The third-order valence-electron chi connectivity index (χ3n) is 2.86. The van der Waals surface area contributed by atoms with Crippen LogP contribution in [0.1, 0.15) is 31.4 Å². The number of rotatable bonds is 2. The van der Waals surface area contributed by atoms with Crippen LogP contribution < -0.4 is 0 Å². The Balaban J connectivity index is 0.000000386. The summed E-state index contributed by atoms with van der Waals surface area (Å²) in [6.07, 6.45) is 5.70. The van der Waals surface area contributed by atoms with E-state index in [4.69, 9.17) is 17.2 Å². The van der Waals surface area contributed by atoms with Crippen LogP contribution in [0.4, 0.5) is 0 Å². The van der Waals surface area contributed by atoms with Crippen molar-refractivity contribution < 1.29 is 20.5 Å². The molecule has 0 nitrogen and oxygen atoms in total. The van der Waals surface area contributed by atoms with Crippen LogP contribution in [0.25, 0.3) is 5.57 Å². The Hall–Kier alpha value is 0.410. The van der Waals surface area contributed by atoms with Gasteiger partial charge in [0.1, 0.15) is 0 Å². The molecule has 0 fully saturated rings. The molecule has 1 unspecified atom stereocenters. The van der Waals surface area contributed by atoms with Gasteiger partial charge in [0.2, 0.25) is 0 Å². The maximum absolute atomic E-state index is 4.96. The van der Waals surface area contributed by atoms with Crippen molar-refractivity contribution in [1.82, 2.24) is 0 Å². The van der Waals surface area contributed by atoms with Gasteiger partial charge in [0.05, 0.1) is 0 Å². The molecule has 1 radical (unpaired) electrons. The molecule has 0 aliphatic heterocycles. The van der Waals surface area contributed by atoms with Gasteiger partial charge in [-0.15, -0.1) is 0 Å². The normalized spacial score (nSPS) is 14.4. The molecule has 0 aromatic heterocycles. The van der Waals surface area contributed by atoms with E-state index < -0.39 is 20.5 Å². The zero-order chi connectivity index (χ0) is 12.0. The number of benzene rings is 1. The molecule has 0 spiro atoms. The van der Waals surface area contributed by atoms with Gasteiger partial charge in [-0.3, -0.25) is 0 Å². The Morgan fingerprint density at radius 2 is 1.88 bits per heavy atom. The van der Waals surface area contributed by atoms with Gasteiger partial charge in [-0.25, -0.2) is 0 Å². The fourth-order valence-corrected chi connectivity index (χ4v) is 1.82. The van der Waals surface area contributed by atoms with Crippen LogP contribution in [-0.2, 0) is 20.5 Å². The average Bonchev–Trinajstić information content (AvgIpc) is 2.73. The average molecular weight is 421 g/mol. The Morgan fingerprint density at radius 1 is 1.25 bits per heavy atom. The fourth-order valence-electron chi connectivity index (χ4n) is 1.82. The molecule has 0 N–H and O–H groups in total. The molecular weight excluding hydrogens is 406 g/mol. The molecule has 1 aliphatic rings. The Bertz CT molecular complexity index is 361. The van der Waals surface area contributed by atoms with E-state index in [0.717, 1.165) is 0 Å². The molecule has 0 saturated heterocycles. The number of halogens is 2. The van der Waals surface area contributed by atoms with Crippen molar-refractivity contribution in [3.8, 4) is 0 Å². The molecule has 85 valence electrons. The second-order valence-corrected chi connectivity index (χ2v) is 8.95. The summed E-state index contributed by atoms with van der Waals surface area (Å²) in [5.74, 6) is 0.680. The van der Waals surface area contributed by atoms with E-state index in [0.29, 0.717) is 5.92 Å². The van der Waals surface area contributed by atoms with Gasteiger partial charge in [0.15, 0.2) is 0 Å². The van der Waals surface area contributed by atoms with Crippen molar-refractivity contribution in [2.24, 2.45) is 5.92 Å². The van der Waals surface area contributed by atoms with Crippen molar-refractivity contribution in [3.63, 3.8) is 0 Å². The van der Waals surface area contributed by atoms with E-state index >= 15 is 0 Å². The van der Waals surface area contributed by atoms with Gasteiger partial charge in [0.25, 0.3) is 0 Å². The molecule has 0 amide bonds. The third kappa shape index (κ3) is 3.72. The van der Waals surface area contributed by atoms with Crippen molar-refractivity contribution in [2.45, 2.75) is 20.3 Å². The summed E-state index contributed by atoms with van der Waals surface area (Å²) in [6, 6.07) is 8.62.